The average molecular weight is 237 g/mol. The first-order chi connectivity index (χ1) is 8.04. The summed E-state index contributed by atoms with van der Waals surface area (Å²) < 4.78 is 5.32. The minimum Gasteiger partial charge on any atom is -0.483 e. The molecule has 0 unspecified atom stereocenters. The Balaban J connectivity index is 2.93. The van der Waals surface area contributed by atoms with E-state index in [9.17, 15) is 10.1 Å². The summed E-state index contributed by atoms with van der Waals surface area (Å²) in [6.07, 6.45) is 1.83. The molecule has 0 saturated heterocycles. The Bertz CT molecular complexity index is 436. The van der Waals surface area contributed by atoms with Gasteiger partial charge in [-0.2, -0.15) is 0 Å². The van der Waals surface area contributed by atoms with Gasteiger partial charge in [-0.1, -0.05) is 5.57 Å². The van der Waals surface area contributed by atoms with Crippen molar-refractivity contribution in [3.05, 3.63) is 45.5 Å². The quantitative estimate of drug-likeness (QED) is 0.485. The lowest BCUT2D eigenvalue weighted by Gasteiger charge is -2.06. The highest BCUT2D eigenvalue weighted by atomic mass is 16.6. The Morgan fingerprint density at radius 1 is 1.53 bits per heavy atom. The van der Waals surface area contributed by atoms with Gasteiger partial charge in [0.1, 0.15) is 6.61 Å². The maximum atomic E-state index is 10.8. The number of nitro benzene ring substituents is 1. The van der Waals surface area contributed by atoms with Gasteiger partial charge in [0.2, 0.25) is 0 Å². The molecule has 0 bridgehead atoms. The third-order valence-corrected chi connectivity index (χ3v) is 2.13. The molecule has 0 heterocycles. The number of rotatable bonds is 5. The number of benzene rings is 1. The van der Waals surface area contributed by atoms with Crippen LogP contribution in [-0.4, -0.2) is 16.6 Å². The second kappa shape index (κ2) is 6.00. The lowest BCUT2D eigenvalue weighted by Crippen LogP contribution is -2.00. The van der Waals surface area contributed by atoms with E-state index < -0.39 is 4.92 Å². The van der Waals surface area contributed by atoms with Gasteiger partial charge in [-0.05, 0) is 37.6 Å². The predicted molar refractivity (Wildman–Crippen MR) is 63.9 cm³/mol. The first-order valence-corrected chi connectivity index (χ1v) is 5.19. The van der Waals surface area contributed by atoms with Crippen molar-refractivity contribution >= 4 is 5.69 Å². The molecule has 0 amide bonds. The zero-order chi connectivity index (χ0) is 12.8. The van der Waals surface area contributed by atoms with E-state index in [4.69, 9.17) is 9.84 Å². The Labute approximate surface area is 99.5 Å². The molecule has 0 atom stereocenters. The molecule has 0 aliphatic rings. The molecule has 0 radical (unpaired) electrons. The van der Waals surface area contributed by atoms with Crippen LogP contribution in [0.25, 0.3) is 0 Å². The highest BCUT2D eigenvalue weighted by Gasteiger charge is 2.14. The minimum absolute atomic E-state index is 0.0932. The Morgan fingerprint density at radius 3 is 2.76 bits per heavy atom. The van der Waals surface area contributed by atoms with Crippen molar-refractivity contribution in [2.24, 2.45) is 0 Å². The van der Waals surface area contributed by atoms with Crippen LogP contribution in [0.1, 0.15) is 19.4 Å². The van der Waals surface area contributed by atoms with Gasteiger partial charge in [-0.15, -0.1) is 0 Å². The van der Waals surface area contributed by atoms with Gasteiger partial charge in [0.05, 0.1) is 11.5 Å². The van der Waals surface area contributed by atoms with E-state index in [0.29, 0.717) is 5.56 Å². The van der Waals surface area contributed by atoms with Gasteiger partial charge in [0.15, 0.2) is 5.75 Å². The zero-order valence-corrected chi connectivity index (χ0v) is 9.84. The highest BCUT2D eigenvalue weighted by Crippen LogP contribution is 2.28. The number of aliphatic hydroxyl groups is 1. The topological polar surface area (TPSA) is 72.6 Å². The minimum atomic E-state index is -0.501. The van der Waals surface area contributed by atoms with Crippen LogP contribution in [0.3, 0.4) is 0 Å². The summed E-state index contributed by atoms with van der Waals surface area (Å²) in [7, 11) is 0. The molecule has 0 aromatic heterocycles. The van der Waals surface area contributed by atoms with Crippen molar-refractivity contribution in [2.45, 2.75) is 20.5 Å². The summed E-state index contributed by atoms with van der Waals surface area (Å²) in [6, 6.07) is 4.33. The Hall–Kier alpha value is -1.88. The molecule has 0 aliphatic heterocycles. The lowest BCUT2D eigenvalue weighted by molar-refractivity contribution is -0.385. The Kier molecular flexibility index (Phi) is 4.66. The van der Waals surface area contributed by atoms with E-state index in [1.54, 1.807) is 0 Å². The van der Waals surface area contributed by atoms with Crippen molar-refractivity contribution in [2.75, 3.05) is 6.61 Å². The zero-order valence-electron chi connectivity index (χ0n) is 9.84. The van der Waals surface area contributed by atoms with Crippen LogP contribution in [-0.2, 0) is 6.61 Å². The van der Waals surface area contributed by atoms with Gasteiger partial charge < -0.3 is 9.84 Å². The molecule has 0 aliphatic carbocycles. The van der Waals surface area contributed by atoms with Crippen molar-refractivity contribution < 1.29 is 14.8 Å². The van der Waals surface area contributed by atoms with E-state index in [0.717, 1.165) is 5.57 Å². The molecule has 92 valence electrons. The second-order valence-electron chi connectivity index (χ2n) is 3.81. The second-order valence-corrected chi connectivity index (χ2v) is 3.81. The Morgan fingerprint density at radius 2 is 2.24 bits per heavy atom. The average Bonchev–Trinajstić information content (AvgIpc) is 2.28. The van der Waals surface area contributed by atoms with Gasteiger partial charge >= 0.3 is 5.69 Å². The number of allylic oxidation sites excluding steroid dienone is 1. The third-order valence-electron chi connectivity index (χ3n) is 2.13. The number of nitro groups is 1. The van der Waals surface area contributed by atoms with Crippen molar-refractivity contribution in [3.8, 4) is 5.75 Å². The number of nitrogens with zero attached hydrogens (tertiary/aromatic N) is 1. The smallest absolute Gasteiger partial charge is 0.310 e. The first-order valence-electron chi connectivity index (χ1n) is 5.19. The van der Waals surface area contributed by atoms with Gasteiger partial charge in [-0.25, -0.2) is 0 Å². The van der Waals surface area contributed by atoms with Crippen molar-refractivity contribution in [1.29, 1.82) is 0 Å². The van der Waals surface area contributed by atoms with Gasteiger partial charge in [0, 0.05) is 6.07 Å². The molecule has 0 saturated carbocycles. The van der Waals surface area contributed by atoms with Gasteiger partial charge in [0.25, 0.3) is 0 Å². The van der Waals surface area contributed by atoms with Crippen LogP contribution in [0.4, 0.5) is 5.69 Å². The van der Waals surface area contributed by atoms with Crippen molar-refractivity contribution in [1.82, 2.24) is 0 Å². The predicted octanol–water partition coefficient (Wildman–Crippen LogP) is 2.43. The molecule has 5 nitrogen and oxygen atoms in total. The molecule has 1 aromatic rings. The molecule has 5 heteroatoms. The maximum Gasteiger partial charge on any atom is 0.310 e. The largest absolute Gasteiger partial charge is 0.483 e. The van der Waals surface area contributed by atoms with E-state index in [2.05, 4.69) is 0 Å². The fourth-order valence-corrected chi connectivity index (χ4v) is 1.22. The third kappa shape index (κ3) is 3.88. The van der Waals surface area contributed by atoms with Gasteiger partial charge in [-0.3, -0.25) is 10.1 Å². The van der Waals surface area contributed by atoms with E-state index in [1.165, 1.54) is 18.2 Å². The molecule has 17 heavy (non-hydrogen) atoms. The number of hydrogen-bond acceptors (Lipinski definition) is 4. The van der Waals surface area contributed by atoms with Crippen LogP contribution in [0.5, 0.6) is 5.75 Å². The maximum absolute atomic E-state index is 10.8. The van der Waals surface area contributed by atoms with Crippen LogP contribution in [0.15, 0.2) is 29.8 Å². The number of hydrogen-bond donors (Lipinski definition) is 1. The van der Waals surface area contributed by atoms with Crippen LogP contribution >= 0.6 is 0 Å². The molecule has 1 rings (SSSR count). The molecular formula is C12H15NO4. The summed E-state index contributed by atoms with van der Waals surface area (Å²) in [5.41, 5.74) is 1.57. The first kappa shape index (κ1) is 13.2. The standard InChI is InChI=1S/C12H15NO4/c1-9(2)5-6-17-12-7-10(8-14)3-4-11(12)13(15)16/h3-5,7,14H,6,8H2,1-2H3. The van der Waals surface area contributed by atoms with Crippen molar-refractivity contribution in [3.63, 3.8) is 0 Å². The fourth-order valence-electron chi connectivity index (χ4n) is 1.22. The highest BCUT2D eigenvalue weighted by molar-refractivity contribution is 5.48. The molecule has 0 fully saturated rings. The summed E-state index contributed by atoms with van der Waals surface area (Å²) >= 11 is 0. The molecule has 0 spiro atoms. The monoisotopic (exact) mass is 237 g/mol. The van der Waals surface area contributed by atoms with E-state index in [-0.39, 0.29) is 24.7 Å². The fraction of sp³-hybridized carbons (Fsp3) is 0.333. The summed E-state index contributed by atoms with van der Waals surface area (Å²) in [6.45, 7) is 3.94. The van der Waals surface area contributed by atoms with Crippen LogP contribution in [0.2, 0.25) is 0 Å². The normalized spacial score (nSPS) is 9.82. The summed E-state index contributed by atoms with van der Waals surface area (Å²) in [5, 5.41) is 19.7. The molecule has 1 aromatic carbocycles. The summed E-state index contributed by atoms with van der Waals surface area (Å²) in [5.74, 6) is 0.180. The summed E-state index contributed by atoms with van der Waals surface area (Å²) in [4.78, 5) is 10.3. The van der Waals surface area contributed by atoms with Crippen LogP contribution < -0.4 is 4.74 Å². The van der Waals surface area contributed by atoms with E-state index >= 15 is 0 Å². The van der Waals surface area contributed by atoms with Crippen LogP contribution in [0, 0.1) is 10.1 Å². The number of ether oxygens (including phenoxy) is 1. The SMILES string of the molecule is CC(C)=CCOc1cc(CO)ccc1[N+](=O)[O-]. The molecular weight excluding hydrogens is 222 g/mol. The van der Waals surface area contributed by atoms with E-state index in [1.807, 2.05) is 19.9 Å². The number of aliphatic hydroxyl groups excluding tert-OH is 1. The lowest BCUT2D eigenvalue weighted by atomic mass is 10.2. The molecule has 1 N–H and O–H groups in total.